The van der Waals surface area contributed by atoms with Crippen molar-refractivity contribution >= 4 is 29.4 Å². The molecule has 12 heteroatoms. The zero-order valence-corrected chi connectivity index (χ0v) is 21.6. The van der Waals surface area contributed by atoms with Gasteiger partial charge in [0.1, 0.15) is 11.5 Å². The normalized spacial score (nSPS) is 11.8. The van der Waals surface area contributed by atoms with Crippen LogP contribution in [0.15, 0.2) is 72.8 Å². The molecule has 3 aromatic rings. The molecule has 0 radical (unpaired) electrons. The maximum Gasteiger partial charge on any atom is 0.453 e. The molecule has 0 saturated carbocycles. The highest BCUT2D eigenvalue weighted by molar-refractivity contribution is 5.91. The fourth-order valence-electron chi connectivity index (χ4n) is 3.50. The number of hydrogen-bond acceptors (Lipinski definition) is 7. The van der Waals surface area contributed by atoms with Crippen molar-refractivity contribution < 1.29 is 45.8 Å². The second-order valence-corrected chi connectivity index (χ2v) is 8.90. The Hall–Kier alpha value is -4.61. The summed E-state index contributed by atoms with van der Waals surface area (Å²) in [5, 5.41) is 0. The minimum absolute atomic E-state index is 0.148. The van der Waals surface area contributed by atoms with E-state index in [0.717, 1.165) is 5.56 Å². The van der Waals surface area contributed by atoms with E-state index in [-0.39, 0.29) is 30.3 Å². The first-order chi connectivity index (χ1) is 19.3. The van der Waals surface area contributed by atoms with Gasteiger partial charge in [0, 0.05) is 30.3 Å². The number of carbonyl (C=O) groups excluding carboxylic acids is 2. The smallest absolute Gasteiger partial charge is 0.453 e. The Labute approximate surface area is 232 Å². The molecular weight excluding hydrogens is 551 g/mol. The summed E-state index contributed by atoms with van der Waals surface area (Å²) >= 11 is 0. The highest BCUT2D eigenvalue weighted by Gasteiger charge is 2.56. The molecule has 0 aliphatic heterocycles. The molecule has 218 valence electrons. The van der Waals surface area contributed by atoms with Gasteiger partial charge in [-0.15, -0.1) is 0 Å². The zero-order chi connectivity index (χ0) is 30.0. The Morgan fingerprint density at radius 3 is 2.02 bits per heavy atom. The molecule has 0 saturated heterocycles. The molecule has 0 spiro atoms. The van der Waals surface area contributed by atoms with Crippen LogP contribution in [0.3, 0.4) is 0 Å². The maximum atomic E-state index is 12.9. The van der Waals surface area contributed by atoms with Crippen molar-refractivity contribution in [1.29, 1.82) is 0 Å². The summed E-state index contributed by atoms with van der Waals surface area (Å²) in [4.78, 5) is 24.4. The lowest BCUT2D eigenvalue weighted by Gasteiger charge is -2.19. The molecule has 0 amide bonds. The first-order valence-corrected chi connectivity index (χ1v) is 12.3. The van der Waals surface area contributed by atoms with Crippen LogP contribution in [0.1, 0.15) is 34.3 Å². The molecule has 0 bridgehead atoms. The van der Waals surface area contributed by atoms with Crippen molar-refractivity contribution in [2.75, 3.05) is 24.7 Å². The molecular formula is C29H27F5N2O5. The van der Waals surface area contributed by atoms with E-state index in [1.54, 1.807) is 30.3 Å². The van der Waals surface area contributed by atoms with Crippen LogP contribution in [-0.2, 0) is 16.0 Å². The lowest BCUT2D eigenvalue weighted by atomic mass is 10.1. The topological polar surface area (TPSA) is 114 Å². The number of rotatable bonds is 12. The summed E-state index contributed by atoms with van der Waals surface area (Å²) in [6.45, 7) is -0.207. The summed E-state index contributed by atoms with van der Waals surface area (Å²) in [7, 11) is 0. The Bertz CT molecular complexity index is 1340. The third-order valence-electron chi connectivity index (χ3n) is 5.58. The number of nitrogen functional groups attached to an aromatic ring is 2. The second-order valence-electron chi connectivity index (χ2n) is 8.90. The number of anilines is 2. The first-order valence-electron chi connectivity index (χ1n) is 12.3. The minimum atomic E-state index is -5.60. The van der Waals surface area contributed by atoms with E-state index in [1.807, 2.05) is 0 Å². The molecule has 3 aromatic carbocycles. The number of esters is 2. The van der Waals surface area contributed by atoms with Crippen LogP contribution >= 0.6 is 0 Å². The van der Waals surface area contributed by atoms with Gasteiger partial charge in [-0.05, 0) is 78.2 Å². The van der Waals surface area contributed by atoms with Crippen molar-refractivity contribution in [2.45, 2.75) is 31.4 Å². The number of halogens is 5. The van der Waals surface area contributed by atoms with Crippen molar-refractivity contribution in [1.82, 2.24) is 0 Å². The lowest BCUT2D eigenvalue weighted by Crippen LogP contribution is -2.36. The van der Waals surface area contributed by atoms with E-state index >= 15 is 0 Å². The summed E-state index contributed by atoms with van der Waals surface area (Å²) in [6, 6.07) is 16.9. The van der Waals surface area contributed by atoms with E-state index in [1.165, 1.54) is 48.6 Å². The van der Waals surface area contributed by atoms with Crippen LogP contribution in [0.2, 0.25) is 0 Å². The van der Waals surface area contributed by atoms with Crippen molar-refractivity contribution in [3.63, 3.8) is 0 Å². The predicted molar refractivity (Wildman–Crippen MR) is 143 cm³/mol. The van der Waals surface area contributed by atoms with Gasteiger partial charge >= 0.3 is 24.0 Å². The molecule has 0 atom stereocenters. The van der Waals surface area contributed by atoms with Gasteiger partial charge in [0.05, 0.1) is 18.8 Å². The molecule has 0 aliphatic carbocycles. The van der Waals surface area contributed by atoms with Gasteiger partial charge in [-0.1, -0.05) is 12.1 Å². The van der Waals surface area contributed by atoms with Crippen LogP contribution in [0, 0.1) is 0 Å². The van der Waals surface area contributed by atoms with Gasteiger partial charge in [0.25, 0.3) is 0 Å². The molecule has 4 N–H and O–H groups in total. The minimum Gasteiger partial charge on any atom is -0.494 e. The van der Waals surface area contributed by atoms with Crippen LogP contribution in [-0.4, -0.2) is 37.3 Å². The van der Waals surface area contributed by atoms with E-state index in [9.17, 15) is 31.5 Å². The third kappa shape index (κ3) is 9.82. The standard InChI is InChI=1S/C29H27F5N2O5/c30-28(31,29(32,33)34)13-1-14-39-24-9-5-21(6-10-24)27(38)41-25-7-2-19(3-8-25)4-11-26(37)40-15-12-20-16-22(35)18-23(36)17-20/h2-11,16-18H,1,12-15,35-36H2. The monoisotopic (exact) mass is 578 g/mol. The fraction of sp³-hybridized carbons (Fsp3) is 0.241. The quantitative estimate of drug-likeness (QED) is 0.0655. The van der Waals surface area contributed by atoms with Crippen LogP contribution in [0.25, 0.3) is 6.08 Å². The molecule has 0 heterocycles. The largest absolute Gasteiger partial charge is 0.494 e. The Kier molecular flexibility index (Phi) is 10.3. The van der Waals surface area contributed by atoms with Crippen molar-refractivity contribution in [2.24, 2.45) is 0 Å². The fourth-order valence-corrected chi connectivity index (χ4v) is 3.50. The van der Waals surface area contributed by atoms with Gasteiger partial charge < -0.3 is 25.7 Å². The van der Waals surface area contributed by atoms with Crippen molar-refractivity contribution in [3.05, 3.63) is 89.5 Å². The summed E-state index contributed by atoms with van der Waals surface area (Å²) in [5.41, 5.74) is 14.2. The van der Waals surface area contributed by atoms with Gasteiger partial charge in [-0.2, -0.15) is 22.0 Å². The Morgan fingerprint density at radius 2 is 1.41 bits per heavy atom. The van der Waals surface area contributed by atoms with Gasteiger partial charge in [-0.25, -0.2) is 9.59 Å². The third-order valence-corrected chi connectivity index (χ3v) is 5.58. The number of carbonyl (C=O) groups is 2. The van der Waals surface area contributed by atoms with Crippen LogP contribution in [0.5, 0.6) is 11.5 Å². The molecule has 0 aromatic heterocycles. The maximum absolute atomic E-state index is 12.9. The highest BCUT2D eigenvalue weighted by atomic mass is 19.4. The van der Waals surface area contributed by atoms with Gasteiger partial charge in [0.15, 0.2) is 0 Å². The van der Waals surface area contributed by atoms with Crippen LogP contribution < -0.4 is 20.9 Å². The summed E-state index contributed by atoms with van der Waals surface area (Å²) < 4.78 is 78.0. The summed E-state index contributed by atoms with van der Waals surface area (Å²) in [6.07, 6.45) is -4.24. The Morgan fingerprint density at radius 1 is 0.805 bits per heavy atom. The lowest BCUT2D eigenvalue weighted by molar-refractivity contribution is -0.284. The molecule has 0 unspecified atom stereocenters. The average molecular weight is 579 g/mol. The zero-order valence-electron chi connectivity index (χ0n) is 21.6. The SMILES string of the molecule is Nc1cc(N)cc(CCOC(=O)C=Cc2ccc(OC(=O)c3ccc(OCCCC(F)(F)C(F)(F)F)cc3)cc2)c1. The number of nitrogens with two attached hydrogens (primary N) is 2. The molecule has 0 fully saturated rings. The number of ether oxygens (including phenoxy) is 3. The van der Waals surface area contributed by atoms with E-state index in [2.05, 4.69) is 0 Å². The molecule has 0 aliphatic rings. The first kappa shape index (κ1) is 30.9. The van der Waals surface area contributed by atoms with E-state index < -0.39 is 36.9 Å². The number of benzene rings is 3. The molecule has 41 heavy (non-hydrogen) atoms. The molecule has 7 nitrogen and oxygen atoms in total. The van der Waals surface area contributed by atoms with E-state index in [0.29, 0.717) is 23.4 Å². The average Bonchev–Trinajstić information content (AvgIpc) is 2.90. The number of hydrogen-bond donors (Lipinski definition) is 2. The Balaban J connectivity index is 1.41. The second kappa shape index (κ2) is 13.6. The van der Waals surface area contributed by atoms with E-state index in [4.69, 9.17) is 25.7 Å². The van der Waals surface area contributed by atoms with Crippen LogP contribution in [0.4, 0.5) is 33.3 Å². The highest BCUT2D eigenvalue weighted by Crippen LogP contribution is 2.38. The van der Waals surface area contributed by atoms with Crippen molar-refractivity contribution in [3.8, 4) is 11.5 Å². The predicted octanol–water partition coefficient (Wildman–Crippen LogP) is 6.23. The number of alkyl halides is 5. The molecule has 3 rings (SSSR count). The van der Waals surface area contributed by atoms with Gasteiger partial charge in [0.2, 0.25) is 0 Å². The van der Waals surface area contributed by atoms with Gasteiger partial charge in [-0.3, -0.25) is 0 Å². The summed E-state index contributed by atoms with van der Waals surface area (Å²) in [5.74, 6) is -5.57.